The molecule has 0 aliphatic rings. The van der Waals surface area contributed by atoms with Crippen molar-refractivity contribution in [2.45, 2.75) is 20.3 Å². The first-order valence-corrected chi connectivity index (χ1v) is 9.75. The third kappa shape index (κ3) is 7.07. The van der Waals surface area contributed by atoms with Gasteiger partial charge in [0.25, 0.3) is 0 Å². The number of benzene rings is 2. The second-order valence-electron chi connectivity index (χ2n) is 7.33. The third-order valence-corrected chi connectivity index (χ3v) is 5.01. The number of aromatic nitrogens is 1. The van der Waals surface area contributed by atoms with E-state index in [1.54, 1.807) is 0 Å². The number of hydrogen-bond donors (Lipinski definition) is 0. The van der Waals surface area contributed by atoms with Gasteiger partial charge in [-0.15, -0.1) is 41.1 Å². The Labute approximate surface area is 216 Å². The van der Waals surface area contributed by atoms with E-state index < -0.39 is 0 Å². The molecule has 0 unspecified atom stereocenters. The van der Waals surface area contributed by atoms with E-state index in [0.717, 1.165) is 6.42 Å². The normalized spacial score (nSPS) is 9.61. The molecule has 0 amide bonds. The maximum atomic E-state index is 2.25. The summed E-state index contributed by atoms with van der Waals surface area (Å²) in [7, 11) is 0. The number of rotatable bonds is 3. The second-order valence-corrected chi connectivity index (χ2v) is 7.33. The first-order chi connectivity index (χ1) is 13.7. The fraction of sp³-hybridized carbons (Fsp3) is 0.111. The SMILES string of the molecule is Cc1cc(C)n(-c2cc3ccccc3[cH-]2)c1.[Cl-].[Cl-].[Zr+4].c1ccc(C[c-]2cccc2)cc1. The first kappa shape index (κ1) is 27.2. The molecule has 0 fully saturated rings. The Balaban J connectivity index is 0.000000292. The number of fused-ring (bicyclic) bond motifs is 1. The molecule has 1 aromatic heterocycles. The van der Waals surface area contributed by atoms with Gasteiger partial charge in [-0.2, -0.15) is 17.7 Å². The van der Waals surface area contributed by atoms with Crippen LogP contribution in [0.25, 0.3) is 16.5 Å². The molecule has 0 spiro atoms. The van der Waals surface area contributed by atoms with E-state index in [4.69, 9.17) is 0 Å². The number of halogens is 2. The largest absolute Gasteiger partial charge is 4.00 e. The van der Waals surface area contributed by atoms with Crippen LogP contribution in [0.5, 0.6) is 0 Å². The zero-order valence-electron chi connectivity index (χ0n) is 17.7. The number of aryl methyl sites for hydroxylation is 2. The summed E-state index contributed by atoms with van der Waals surface area (Å²) in [5.74, 6) is 0. The van der Waals surface area contributed by atoms with Crippen molar-refractivity contribution >= 4 is 10.8 Å². The Morgan fingerprint density at radius 3 is 2.06 bits per heavy atom. The molecular weight excluding hydrogens is 500 g/mol. The molecule has 0 saturated carbocycles. The van der Waals surface area contributed by atoms with E-state index in [9.17, 15) is 0 Å². The average molecular weight is 526 g/mol. The zero-order chi connectivity index (χ0) is 19.3. The van der Waals surface area contributed by atoms with Gasteiger partial charge >= 0.3 is 26.2 Å². The summed E-state index contributed by atoms with van der Waals surface area (Å²) in [4.78, 5) is 0. The van der Waals surface area contributed by atoms with Crippen LogP contribution in [0.4, 0.5) is 0 Å². The molecule has 0 saturated heterocycles. The monoisotopic (exact) mass is 523 g/mol. The minimum atomic E-state index is 0. The van der Waals surface area contributed by atoms with Crippen LogP contribution in [0.3, 0.4) is 0 Å². The summed E-state index contributed by atoms with van der Waals surface area (Å²) in [6.07, 6.45) is 3.23. The van der Waals surface area contributed by atoms with Gasteiger partial charge in [0.2, 0.25) is 0 Å². The summed E-state index contributed by atoms with van der Waals surface area (Å²) in [5, 5.41) is 2.62. The van der Waals surface area contributed by atoms with Gasteiger partial charge < -0.3 is 29.4 Å². The topological polar surface area (TPSA) is 4.93 Å². The van der Waals surface area contributed by atoms with Crippen LogP contribution in [-0.2, 0) is 32.6 Å². The van der Waals surface area contributed by atoms with Crippen LogP contribution >= 0.6 is 0 Å². The fourth-order valence-electron chi connectivity index (χ4n) is 3.66. The van der Waals surface area contributed by atoms with E-state index in [-0.39, 0.29) is 51.0 Å². The van der Waals surface area contributed by atoms with Crippen LogP contribution < -0.4 is 24.8 Å². The Morgan fingerprint density at radius 2 is 1.45 bits per heavy atom. The summed E-state index contributed by atoms with van der Waals surface area (Å²) in [5.41, 5.74) is 6.62. The van der Waals surface area contributed by atoms with Crippen molar-refractivity contribution in [1.82, 2.24) is 4.57 Å². The Kier molecular flexibility index (Phi) is 11.3. The molecule has 0 radical (unpaired) electrons. The summed E-state index contributed by atoms with van der Waals surface area (Å²) in [6, 6.07) is 34.2. The second kappa shape index (κ2) is 12.9. The molecule has 1 nitrogen and oxygen atoms in total. The van der Waals surface area contributed by atoms with Crippen LogP contribution in [-0.4, -0.2) is 4.57 Å². The molecule has 31 heavy (non-hydrogen) atoms. The zero-order valence-corrected chi connectivity index (χ0v) is 21.7. The van der Waals surface area contributed by atoms with Crippen LogP contribution in [0.1, 0.15) is 22.4 Å². The summed E-state index contributed by atoms with van der Waals surface area (Å²) in [6.45, 7) is 4.27. The number of hydrogen-bond acceptors (Lipinski definition) is 0. The van der Waals surface area contributed by atoms with Crippen molar-refractivity contribution in [1.29, 1.82) is 0 Å². The predicted octanol–water partition coefficient (Wildman–Crippen LogP) is 0.968. The molecule has 0 bridgehead atoms. The van der Waals surface area contributed by atoms with Gasteiger partial charge in [-0.3, -0.25) is 0 Å². The van der Waals surface area contributed by atoms with Crippen LogP contribution in [0, 0.1) is 13.8 Å². The van der Waals surface area contributed by atoms with Gasteiger partial charge in [0.15, 0.2) is 0 Å². The molecule has 0 aliphatic heterocycles. The fourth-order valence-corrected chi connectivity index (χ4v) is 3.66. The van der Waals surface area contributed by atoms with Gasteiger partial charge in [-0.05, 0) is 37.6 Å². The molecular formula is C27H25Cl2NZr. The van der Waals surface area contributed by atoms with Crippen molar-refractivity contribution in [2.75, 3.05) is 0 Å². The minimum Gasteiger partial charge on any atom is -1.00 e. The summed E-state index contributed by atoms with van der Waals surface area (Å²) >= 11 is 0. The van der Waals surface area contributed by atoms with Crippen LogP contribution in [0.2, 0.25) is 0 Å². The maximum Gasteiger partial charge on any atom is 4.00 e. The average Bonchev–Trinajstić information content (AvgIpc) is 3.43. The molecule has 1 heterocycles. The third-order valence-electron chi connectivity index (χ3n) is 5.01. The van der Waals surface area contributed by atoms with Crippen molar-refractivity contribution < 1.29 is 51.0 Å². The standard InChI is InChI=1S/C15H14N.C12H11.2ClH.Zr/c1-11-7-12(2)16(10-11)15-8-13-5-3-4-6-14(13)9-15;1-2-6-11(7-3-1)10-12-8-4-5-9-12;;;/h3-10H,1-2H3;1-9H,10H2;2*1H;/q2*-1;;;+4/p-2. The predicted molar refractivity (Wildman–Crippen MR) is 120 cm³/mol. The van der Waals surface area contributed by atoms with E-state index in [2.05, 4.69) is 122 Å². The Bertz CT molecular complexity index is 1120. The van der Waals surface area contributed by atoms with Crippen molar-refractivity contribution in [3.8, 4) is 5.69 Å². The molecule has 4 aromatic carbocycles. The molecule has 5 aromatic rings. The van der Waals surface area contributed by atoms with Crippen LogP contribution in [0.15, 0.2) is 103 Å². The van der Waals surface area contributed by atoms with E-state index in [1.165, 1.54) is 38.8 Å². The molecule has 0 aliphatic carbocycles. The van der Waals surface area contributed by atoms with Crippen molar-refractivity contribution in [3.05, 3.63) is 126 Å². The first-order valence-electron chi connectivity index (χ1n) is 9.75. The molecule has 5 rings (SSSR count). The van der Waals surface area contributed by atoms with Gasteiger partial charge in [0.1, 0.15) is 0 Å². The van der Waals surface area contributed by atoms with Gasteiger partial charge in [0.05, 0.1) is 0 Å². The van der Waals surface area contributed by atoms with E-state index in [1.807, 2.05) is 0 Å². The number of nitrogens with zero attached hydrogens (tertiary/aromatic N) is 1. The van der Waals surface area contributed by atoms with Crippen molar-refractivity contribution in [2.24, 2.45) is 0 Å². The molecule has 156 valence electrons. The molecule has 4 heteroatoms. The summed E-state index contributed by atoms with van der Waals surface area (Å²) < 4.78 is 2.25. The minimum absolute atomic E-state index is 0. The van der Waals surface area contributed by atoms with E-state index >= 15 is 0 Å². The van der Waals surface area contributed by atoms with Gasteiger partial charge in [0, 0.05) is 11.9 Å². The molecule has 0 atom stereocenters. The quantitative estimate of drug-likeness (QED) is 0.310. The Hall–Kier alpha value is -1.86. The Morgan fingerprint density at radius 1 is 0.806 bits per heavy atom. The maximum absolute atomic E-state index is 2.25. The van der Waals surface area contributed by atoms with Gasteiger partial charge in [-0.25, -0.2) is 12.1 Å². The van der Waals surface area contributed by atoms with E-state index in [0.29, 0.717) is 0 Å². The van der Waals surface area contributed by atoms with Gasteiger partial charge in [-0.1, -0.05) is 42.0 Å². The molecule has 0 N–H and O–H groups in total. The van der Waals surface area contributed by atoms with Crippen molar-refractivity contribution in [3.63, 3.8) is 0 Å². The smallest absolute Gasteiger partial charge is 1.00 e.